The van der Waals surface area contributed by atoms with Crippen LogP contribution in [-0.2, 0) is 0 Å². The van der Waals surface area contributed by atoms with Gasteiger partial charge >= 0.3 is 5.97 Å². The molecule has 0 unspecified atom stereocenters. The average Bonchev–Trinajstić information content (AvgIpc) is 2.47. The molecule has 0 fully saturated rings. The maximum Gasteiger partial charge on any atom is 0.335 e. The summed E-state index contributed by atoms with van der Waals surface area (Å²) in [6.07, 6.45) is 0. The number of carbonyl (C=O) groups is 1. The van der Waals surface area contributed by atoms with Gasteiger partial charge in [0.05, 0.1) is 18.2 Å². The number of nitriles is 1. The van der Waals surface area contributed by atoms with Gasteiger partial charge in [0.2, 0.25) is 0 Å². The van der Waals surface area contributed by atoms with Gasteiger partial charge in [0.1, 0.15) is 11.8 Å². The second-order valence-corrected chi connectivity index (χ2v) is 5.02. The van der Waals surface area contributed by atoms with Crippen molar-refractivity contribution in [3.05, 3.63) is 53.6 Å². The maximum atomic E-state index is 10.8. The van der Waals surface area contributed by atoms with E-state index in [-0.39, 0.29) is 5.56 Å². The van der Waals surface area contributed by atoms with Gasteiger partial charge in [0.15, 0.2) is 0 Å². The first-order chi connectivity index (χ1) is 9.63. The summed E-state index contributed by atoms with van der Waals surface area (Å²) < 4.78 is 5.14. The minimum atomic E-state index is -0.958. The van der Waals surface area contributed by atoms with E-state index in [2.05, 4.69) is 6.07 Å². The Hall–Kier alpha value is -2.45. The van der Waals surface area contributed by atoms with Crippen LogP contribution >= 0.6 is 11.8 Å². The molecule has 100 valence electrons. The number of methoxy groups -OCH3 is 1. The SMILES string of the molecule is COc1ccc(C#N)c(Sc2ccc(C(=O)O)cc2)c1. The highest BCUT2D eigenvalue weighted by molar-refractivity contribution is 7.99. The Morgan fingerprint density at radius 2 is 1.95 bits per heavy atom. The smallest absolute Gasteiger partial charge is 0.335 e. The summed E-state index contributed by atoms with van der Waals surface area (Å²) in [5, 5.41) is 17.9. The Labute approximate surface area is 120 Å². The second kappa shape index (κ2) is 6.13. The molecule has 4 nitrogen and oxygen atoms in total. The number of benzene rings is 2. The number of nitrogens with zero attached hydrogens (tertiary/aromatic N) is 1. The third-order valence-electron chi connectivity index (χ3n) is 2.64. The van der Waals surface area contributed by atoms with Crippen molar-refractivity contribution in [3.63, 3.8) is 0 Å². The molecular formula is C15H11NO3S. The lowest BCUT2D eigenvalue weighted by Gasteiger charge is -2.07. The summed E-state index contributed by atoms with van der Waals surface area (Å²) in [5.41, 5.74) is 0.790. The Morgan fingerprint density at radius 1 is 1.25 bits per heavy atom. The molecule has 2 rings (SSSR count). The summed E-state index contributed by atoms with van der Waals surface area (Å²) in [7, 11) is 1.57. The van der Waals surface area contributed by atoms with Gasteiger partial charge in [-0.15, -0.1) is 0 Å². The van der Waals surface area contributed by atoms with E-state index < -0.39 is 5.97 Å². The predicted octanol–water partition coefficient (Wildman–Crippen LogP) is 3.42. The molecule has 0 spiro atoms. The highest BCUT2D eigenvalue weighted by atomic mass is 32.2. The third kappa shape index (κ3) is 3.11. The van der Waals surface area contributed by atoms with Crippen LogP contribution in [0.25, 0.3) is 0 Å². The van der Waals surface area contributed by atoms with Crippen molar-refractivity contribution in [1.82, 2.24) is 0 Å². The summed E-state index contributed by atoms with van der Waals surface area (Å²) in [6.45, 7) is 0. The first-order valence-corrected chi connectivity index (χ1v) is 6.55. The normalized spacial score (nSPS) is 9.80. The number of hydrogen-bond acceptors (Lipinski definition) is 4. The molecule has 0 radical (unpaired) electrons. The van der Waals surface area contributed by atoms with Crippen LogP contribution in [0.2, 0.25) is 0 Å². The van der Waals surface area contributed by atoms with Gasteiger partial charge in [-0.3, -0.25) is 0 Å². The molecule has 0 aliphatic rings. The van der Waals surface area contributed by atoms with Gasteiger partial charge in [0, 0.05) is 9.79 Å². The van der Waals surface area contributed by atoms with Gasteiger partial charge < -0.3 is 9.84 Å². The van der Waals surface area contributed by atoms with Crippen LogP contribution in [0.1, 0.15) is 15.9 Å². The molecule has 0 amide bonds. The number of aromatic carboxylic acids is 1. The van der Waals surface area contributed by atoms with E-state index in [9.17, 15) is 4.79 Å². The van der Waals surface area contributed by atoms with Crippen molar-refractivity contribution in [1.29, 1.82) is 5.26 Å². The zero-order valence-electron chi connectivity index (χ0n) is 10.7. The lowest BCUT2D eigenvalue weighted by atomic mass is 10.2. The molecule has 0 saturated heterocycles. The first kappa shape index (κ1) is 14.0. The Balaban J connectivity index is 2.29. The summed E-state index contributed by atoms with van der Waals surface area (Å²) in [4.78, 5) is 12.4. The highest BCUT2D eigenvalue weighted by Gasteiger charge is 2.07. The fourth-order valence-corrected chi connectivity index (χ4v) is 2.52. The fourth-order valence-electron chi connectivity index (χ4n) is 1.60. The van der Waals surface area contributed by atoms with E-state index in [1.165, 1.54) is 23.9 Å². The number of carboxylic acid groups (broad SMARTS) is 1. The van der Waals surface area contributed by atoms with Crippen molar-refractivity contribution >= 4 is 17.7 Å². The minimum Gasteiger partial charge on any atom is -0.497 e. The van der Waals surface area contributed by atoms with Gasteiger partial charge in [0.25, 0.3) is 0 Å². The van der Waals surface area contributed by atoms with E-state index in [1.54, 1.807) is 37.4 Å². The molecule has 2 aromatic carbocycles. The molecule has 5 heteroatoms. The van der Waals surface area contributed by atoms with Crippen molar-refractivity contribution < 1.29 is 14.6 Å². The molecule has 0 saturated carbocycles. The van der Waals surface area contributed by atoms with Gasteiger partial charge in [-0.2, -0.15) is 5.26 Å². The molecule has 0 aromatic heterocycles. The quantitative estimate of drug-likeness (QED) is 0.932. The van der Waals surface area contributed by atoms with Crippen LogP contribution in [0.4, 0.5) is 0 Å². The zero-order valence-corrected chi connectivity index (χ0v) is 11.5. The van der Waals surface area contributed by atoms with Crippen molar-refractivity contribution in [3.8, 4) is 11.8 Å². The second-order valence-electron chi connectivity index (χ2n) is 3.91. The molecule has 2 aromatic rings. The molecule has 0 heterocycles. The lowest BCUT2D eigenvalue weighted by Crippen LogP contribution is -1.94. The van der Waals surface area contributed by atoms with Crippen molar-refractivity contribution in [2.75, 3.05) is 7.11 Å². The summed E-state index contributed by atoms with van der Waals surface area (Å²) >= 11 is 1.39. The molecule has 0 bridgehead atoms. The van der Waals surface area contributed by atoms with Gasteiger partial charge in [-0.25, -0.2) is 4.79 Å². The van der Waals surface area contributed by atoms with Crippen LogP contribution in [0.5, 0.6) is 5.75 Å². The largest absolute Gasteiger partial charge is 0.497 e. The maximum absolute atomic E-state index is 10.8. The predicted molar refractivity (Wildman–Crippen MR) is 75.2 cm³/mol. The van der Waals surface area contributed by atoms with E-state index in [0.717, 1.165) is 9.79 Å². The monoisotopic (exact) mass is 285 g/mol. The number of hydrogen-bond donors (Lipinski definition) is 1. The highest BCUT2D eigenvalue weighted by Crippen LogP contribution is 2.33. The van der Waals surface area contributed by atoms with Crippen LogP contribution < -0.4 is 4.74 Å². The minimum absolute atomic E-state index is 0.237. The van der Waals surface area contributed by atoms with Gasteiger partial charge in [-0.1, -0.05) is 11.8 Å². The standard InChI is InChI=1S/C15H11NO3S/c1-19-12-5-2-11(9-16)14(8-12)20-13-6-3-10(4-7-13)15(17)18/h2-8H,1H3,(H,17,18). The first-order valence-electron chi connectivity index (χ1n) is 5.73. The van der Waals surface area contributed by atoms with Crippen LogP contribution in [0, 0.1) is 11.3 Å². The molecule has 0 aliphatic heterocycles. The topological polar surface area (TPSA) is 70.3 Å². The molecule has 1 N–H and O–H groups in total. The van der Waals surface area contributed by atoms with Crippen LogP contribution in [0.3, 0.4) is 0 Å². The molecule has 0 aliphatic carbocycles. The van der Waals surface area contributed by atoms with E-state index in [0.29, 0.717) is 11.3 Å². The van der Waals surface area contributed by atoms with Crippen LogP contribution in [0.15, 0.2) is 52.3 Å². The lowest BCUT2D eigenvalue weighted by molar-refractivity contribution is 0.0697. The molecule has 0 atom stereocenters. The third-order valence-corrected chi connectivity index (χ3v) is 3.70. The molecular weight excluding hydrogens is 274 g/mol. The number of ether oxygens (including phenoxy) is 1. The average molecular weight is 285 g/mol. The van der Waals surface area contributed by atoms with E-state index >= 15 is 0 Å². The molecule has 20 heavy (non-hydrogen) atoms. The Morgan fingerprint density at radius 3 is 2.50 bits per heavy atom. The zero-order chi connectivity index (χ0) is 14.5. The van der Waals surface area contributed by atoms with Gasteiger partial charge in [-0.05, 0) is 42.5 Å². The van der Waals surface area contributed by atoms with Crippen molar-refractivity contribution in [2.24, 2.45) is 0 Å². The Kier molecular flexibility index (Phi) is 4.28. The van der Waals surface area contributed by atoms with Crippen LogP contribution in [-0.4, -0.2) is 18.2 Å². The van der Waals surface area contributed by atoms with Crippen molar-refractivity contribution in [2.45, 2.75) is 9.79 Å². The van der Waals surface area contributed by atoms with E-state index in [4.69, 9.17) is 15.1 Å². The summed E-state index contributed by atoms with van der Waals surface area (Å²) in [5.74, 6) is -0.283. The summed E-state index contributed by atoms with van der Waals surface area (Å²) in [6, 6.07) is 13.9. The fraction of sp³-hybridized carbons (Fsp3) is 0.0667. The van der Waals surface area contributed by atoms with E-state index in [1.807, 2.05) is 0 Å². The number of carboxylic acids is 1. The Bertz CT molecular complexity index is 675. The number of rotatable bonds is 4.